The lowest BCUT2D eigenvalue weighted by atomic mass is 9.98. The highest BCUT2D eigenvalue weighted by atomic mass is 19.4. The zero-order valence-electron chi connectivity index (χ0n) is 9.53. The van der Waals surface area contributed by atoms with Crippen LogP contribution in [-0.4, -0.2) is 32.5 Å². The molecule has 2 nitrogen and oxygen atoms in total. The average molecular weight is 227 g/mol. The molecule has 0 saturated heterocycles. The third-order valence-corrected chi connectivity index (χ3v) is 2.36. The van der Waals surface area contributed by atoms with Crippen LogP contribution in [0.25, 0.3) is 0 Å². The maximum atomic E-state index is 11.8. The van der Waals surface area contributed by atoms with E-state index in [1.54, 1.807) is 7.05 Å². The van der Waals surface area contributed by atoms with Crippen molar-refractivity contribution in [2.24, 2.45) is 5.92 Å². The van der Waals surface area contributed by atoms with Gasteiger partial charge in [-0.15, -0.1) is 0 Å². The summed E-state index contributed by atoms with van der Waals surface area (Å²) in [7, 11) is 1.74. The predicted octanol–water partition coefficient (Wildman–Crippen LogP) is 2.59. The third-order valence-electron chi connectivity index (χ3n) is 2.36. The smallest absolute Gasteiger partial charge is 0.370 e. The minimum absolute atomic E-state index is 0.00713. The Hall–Kier alpha value is -0.290. The SMILES string of the molecule is CCCC(C)C(COCC(F)(F)F)NC. The quantitative estimate of drug-likeness (QED) is 0.721. The van der Waals surface area contributed by atoms with Crippen LogP contribution in [0.5, 0.6) is 0 Å². The molecule has 0 spiro atoms. The number of hydrogen-bond donors (Lipinski definition) is 1. The van der Waals surface area contributed by atoms with E-state index >= 15 is 0 Å². The van der Waals surface area contributed by atoms with Crippen molar-refractivity contribution in [3.8, 4) is 0 Å². The number of hydrogen-bond acceptors (Lipinski definition) is 2. The molecule has 0 aliphatic carbocycles. The maximum Gasteiger partial charge on any atom is 0.411 e. The van der Waals surface area contributed by atoms with Gasteiger partial charge in [0.15, 0.2) is 0 Å². The van der Waals surface area contributed by atoms with Crippen LogP contribution >= 0.6 is 0 Å². The molecule has 0 bridgehead atoms. The molecular formula is C10H20F3NO. The monoisotopic (exact) mass is 227 g/mol. The fraction of sp³-hybridized carbons (Fsp3) is 1.00. The molecule has 0 aromatic rings. The van der Waals surface area contributed by atoms with Crippen LogP contribution in [0.2, 0.25) is 0 Å². The Morgan fingerprint density at radius 3 is 2.33 bits per heavy atom. The number of halogens is 3. The molecule has 2 atom stereocenters. The van der Waals surface area contributed by atoms with E-state index < -0.39 is 12.8 Å². The van der Waals surface area contributed by atoms with E-state index in [1.165, 1.54) is 0 Å². The zero-order valence-corrected chi connectivity index (χ0v) is 9.53. The van der Waals surface area contributed by atoms with Gasteiger partial charge in [0.1, 0.15) is 6.61 Å². The molecule has 0 amide bonds. The highest BCUT2D eigenvalue weighted by Crippen LogP contribution is 2.16. The summed E-state index contributed by atoms with van der Waals surface area (Å²) in [5.74, 6) is 0.327. The summed E-state index contributed by atoms with van der Waals surface area (Å²) >= 11 is 0. The van der Waals surface area contributed by atoms with Crippen molar-refractivity contribution in [1.82, 2.24) is 5.32 Å². The topological polar surface area (TPSA) is 21.3 Å². The molecule has 1 N–H and O–H groups in total. The Bertz CT molecular complexity index is 161. The van der Waals surface area contributed by atoms with Crippen molar-refractivity contribution in [1.29, 1.82) is 0 Å². The second-order valence-electron chi connectivity index (χ2n) is 3.79. The first kappa shape index (κ1) is 14.7. The fourth-order valence-electron chi connectivity index (χ4n) is 1.49. The van der Waals surface area contributed by atoms with Crippen molar-refractivity contribution in [3.05, 3.63) is 0 Å². The first-order valence-corrected chi connectivity index (χ1v) is 5.22. The molecule has 0 fully saturated rings. The third kappa shape index (κ3) is 7.62. The van der Waals surface area contributed by atoms with Gasteiger partial charge in [-0.1, -0.05) is 20.3 Å². The highest BCUT2D eigenvalue weighted by Gasteiger charge is 2.28. The lowest BCUT2D eigenvalue weighted by molar-refractivity contribution is -0.175. The van der Waals surface area contributed by atoms with E-state index in [2.05, 4.69) is 17.0 Å². The highest BCUT2D eigenvalue weighted by molar-refractivity contribution is 4.71. The van der Waals surface area contributed by atoms with E-state index in [0.717, 1.165) is 12.8 Å². The second-order valence-corrected chi connectivity index (χ2v) is 3.79. The van der Waals surface area contributed by atoms with Gasteiger partial charge in [0, 0.05) is 6.04 Å². The summed E-state index contributed by atoms with van der Waals surface area (Å²) in [6.07, 6.45) is -2.22. The van der Waals surface area contributed by atoms with Gasteiger partial charge in [0.05, 0.1) is 6.61 Å². The molecule has 0 aliphatic rings. The molecule has 0 aromatic heterocycles. The minimum atomic E-state index is -4.23. The van der Waals surface area contributed by atoms with Crippen LogP contribution in [-0.2, 0) is 4.74 Å². The Kier molecular flexibility index (Phi) is 6.92. The largest absolute Gasteiger partial charge is 0.411 e. The minimum Gasteiger partial charge on any atom is -0.370 e. The molecule has 0 aliphatic heterocycles. The standard InChI is InChI=1S/C10H20F3NO/c1-4-5-8(2)9(14-3)6-15-7-10(11,12)13/h8-9,14H,4-7H2,1-3H3. The van der Waals surface area contributed by atoms with E-state index in [0.29, 0.717) is 5.92 Å². The Labute approximate surface area is 89.2 Å². The fourth-order valence-corrected chi connectivity index (χ4v) is 1.49. The number of ether oxygens (including phenoxy) is 1. The summed E-state index contributed by atoms with van der Waals surface area (Å²) in [4.78, 5) is 0. The summed E-state index contributed by atoms with van der Waals surface area (Å²) in [6, 6.07) is -0.00713. The summed E-state index contributed by atoms with van der Waals surface area (Å²) < 4.78 is 40.1. The Balaban J connectivity index is 3.80. The van der Waals surface area contributed by atoms with E-state index in [-0.39, 0.29) is 12.6 Å². The number of rotatable bonds is 7. The molecule has 0 saturated carbocycles. The van der Waals surface area contributed by atoms with Crippen LogP contribution < -0.4 is 5.32 Å². The van der Waals surface area contributed by atoms with Gasteiger partial charge in [-0.2, -0.15) is 13.2 Å². The molecule has 92 valence electrons. The van der Waals surface area contributed by atoms with Crippen LogP contribution in [0.15, 0.2) is 0 Å². The average Bonchev–Trinajstić information content (AvgIpc) is 2.11. The van der Waals surface area contributed by atoms with Gasteiger partial charge in [-0.25, -0.2) is 0 Å². The molecule has 0 heterocycles. The molecule has 15 heavy (non-hydrogen) atoms. The number of nitrogens with one attached hydrogen (secondary N) is 1. The van der Waals surface area contributed by atoms with Crippen molar-refractivity contribution < 1.29 is 17.9 Å². The van der Waals surface area contributed by atoms with Crippen LogP contribution in [0.1, 0.15) is 26.7 Å². The second kappa shape index (κ2) is 7.06. The van der Waals surface area contributed by atoms with E-state index in [9.17, 15) is 13.2 Å². The lowest BCUT2D eigenvalue weighted by Crippen LogP contribution is -2.37. The first-order valence-electron chi connectivity index (χ1n) is 5.22. The van der Waals surface area contributed by atoms with Crippen molar-refractivity contribution in [2.45, 2.75) is 38.9 Å². The van der Waals surface area contributed by atoms with E-state index in [4.69, 9.17) is 0 Å². The summed E-state index contributed by atoms with van der Waals surface area (Å²) in [5, 5.41) is 2.98. The van der Waals surface area contributed by atoms with E-state index in [1.807, 2.05) is 6.92 Å². The van der Waals surface area contributed by atoms with Crippen LogP contribution in [0.4, 0.5) is 13.2 Å². The lowest BCUT2D eigenvalue weighted by Gasteiger charge is -2.23. The van der Waals surface area contributed by atoms with Crippen LogP contribution in [0.3, 0.4) is 0 Å². The molecule has 0 rings (SSSR count). The number of likely N-dealkylation sites (N-methyl/N-ethyl adjacent to an activating group) is 1. The van der Waals surface area contributed by atoms with Gasteiger partial charge in [-0.3, -0.25) is 0 Å². The first-order chi connectivity index (χ1) is 6.90. The Morgan fingerprint density at radius 1 is 1.33 bits per heavy atom. The van der Waals surface area contributed by atoms with Crippen LogP contribution in [0, 0.1) is 5.92 Å². The normalized spacial score (nSPS) is 16.4. The molecular weight excluding hydrogens is 207 g/mol. The molecule has 0 radical (unpaired) electrons. The van der Waals surface area contributed by atoms with Gasteiger partial charge in [0.2, 0.25) is 0 Å². The van der Waals surface area contributed by atoms with Gasteiger partial charge < -0.3 is 10.1 Å². The zero-order chi connectivity index (χ0) is 11.9. The summed E-state index contributed by atoms with van der Waals surface area (Å²) in [5.41, 5.74) is 0. The van der Waals surface area contributed by atoms with Crippen molar-refractivity contribution in [2.75, 3.05) is 20.3 Å². The van der Waals surface area contributed by atoms with Gasteiger partial charge in [0.25, 0.3) is 0 Å². The molecule has 5 heteroatoms. The number of alkyl halides is 3. The van der Waals surface area contributed by atoms with Crippen molar-refractivity contribution >= 4 is 0 Å². The molecule has 2 unspecified atom stereocenters. The van der Waals surface area contributed by atoms with Crippen molar-refractivity contribution in [3.63, 3.8) is 0 Å². The predicted molar refractivity (Wildman–Crippen MR) is 53.8 cm³/mol. The Morgan fingerprint density at radius 2 is 1.93 bits per heavy atom. The molecule has 0 aromatic carbocycles. The summed E-state index contributed by atoms with van der Waals surface area (Å²) in [6.45, 7) is 3.02. The maximum absolute atomic E-state index is 11.8. The van der Waals surface area contributed by atoms with Gasteiger partial charge >= 0.3 is 6.18 Å². The van der Waals surface area contributed by atoms with Gasteiger partial charge in [-0.05, 0) is 19.4 Å².